The highest BCUT2D eigenvalue weighted by molar-refractivity contribution is 5.63. The van der Waals surface area contributed by atoms with Gasteiger partial charge in [-0.15, -0.1) is 0 Å². The molecule has 0 saturated carbocycles. The molecule has 0 unspecified atom stereocenters. The van der Waals surface area contributed by atoms with Crippen LogP contribution >= 0.6 is 0 Å². The van der Waals surface area contributed by atoms with Gasteiger partial charge in [-0.1, -0.05) is 66.7 Å². The molecule has 128 valence electrons. The van der Waals surface area contributed by atoms with Gasteiger partial charge < -0.3 is 0 Å². The molecule has 3 rings (SSSR count). The van der Waals surface area contributed by atoms with E-state index in [-0.39, 0.29) is 16.2 Å². The summed E-state index contributed by atoms with van der Waals surface area (Å²) in [5.41, 5.74) is 7.20. The summed E-state index contributed by atoms with van der Waals surface area (Å²) in [6, 6.07) is 11.2. The van der Waals surface area contributed by atoms with E-state index < -0.39 is 0 Å². The van der Waals surface area contributed by atoms with E-state index in [1.165, 1.54) is 35.1 Å². The summed E-state index contributed by atoms with van der Waals surface area (Å²) in [5.74, 6) is 0. The van der Waals surface area contributed by atoms with Gasteiger partial charge in [0.1, 0.15) is 0 Å². The average molecular weight is 322 g/mol. The fourth-order valence-corrected chi connectivity index (χ4v) is 3.75. The summed E-state index contributed by atoms with van der Waals surface area (Å²) in [7, 11) is 0. The molecule has 1 heteroatoms. The Balaban J connectivity index is 2.12. The number of aromatic nitrogens is 1. The quantitative estimate of drug-likeness (QED) is 0.592. The minimum atomic E-state index is 0.158. The first-order valence-corrected chi connectivity index (χ1v) is 9.13. The lowest BCUT2D eigenvalue weighted by molar-refractivity contribution is 0.331. The van der Waals surface area contributed by atoms with Crippen LogP contribution in [0.3, 0.4) is 0 Å². The van der Waals surface area contributed by atoms with Crippen LogP contribution in [0.15, 0.2) is 36.5 Å². The molecular formula is C23H31N. The molecule has 1 aliphatic carbocycles. The van der Waals surface area contributed by atoms with E-state index in [4.69, 9.17) is 4.98 Å². The summed E-state index contributed by atoms with van der Waals surface area (Å²) in [6.07, 6.45) is 4.60. The highest BCUT2D eigenvalue weighted by Crippen LogP contribution is 2.46. The molecular weight excluding hydrogens is 290 g/mol. The first kappa shape index (κ1) is 17.2. The van der Waals surface area contributed by atoms with E-state index >= 15 is 0 Å². The van der Waals surface area contributed by atoms with Gasteiger partial charge in [-0.05, 0) is 57.9 Å². The lowest BCUT2D eigenvalue weighted by Crippen LogP contribution is -2.34. The van der Waals surface area contributed by atoms with Gasteiger partial charge in [0.25, 0.3) is 0 Å². The minimum absolute atomic E-state index is 0.158. The maximum absolute atomic E-state index is 4.85. The van der Waals surface area contributed by atoms with Gasteiger partial charge in [0.15, 0.2) is 0 Å². The van der Waals surface area contributed by atoms with E-state index in [2.05, 4.69) is 85.0 Å². The van der Waals surface area contributed by atoms with Crippen LogP contribution in [0.5, 0.6) is 0 Å². The fraction of sp³-hybridized carbons (Fsp3) is 0.522. The second-order valence-electron chi connectivity index (χ2n) is 9.71. The van der Waals surface area contributed by atoms with Crippen molar-refractivity contribution < 1.29 is 0 Å². The molecule has 1 nitrogen and oxygen atoms in total. The molecule has 0 amide bonds. The van der Waals surface area contributed by atoms with Crippen molar-refractivity contribution in [3.8, 4) is 11.3 Å². The molecule has 2 aromatic rings. The summed E-state index contributed by atoms with van der Waals surface area (Å²) in [4.78, 5) is 4.85. The Hall–Kier alpha value is -1.63. The van der Waals surface area contributed by atoms with Crippen LogP contribution in [0.4, 0.5) is 0 Å². The molecule has 1 aromatic carbocycles. The van der Waals surface area contributed by atoms with Crippen LogP contribution in [-0.2, 0) is 16.2 Å². The van der Waals surface area contributed by atoms with Crippen LogP contribution in [-0.4, -0.2) is 4.98 Å². The molecule has 1 heterocycles. The Morgan fingerprint density at radius 2 is 1.50 bits per heavy atom. The minimum Gasteiger partial charge on any atom is -0.256 e. The third kappa shape index (κ3) is 3.01. The predicted molar refractivity (Wildman–Crippen MR) is 104 cm³/mol. The number of benzene rings is 1. The molecule has 0 atom stereocenters. The van der Waals surface area contributed by atoms with Crippen LogP contribution in [0, 0.1) is 0 Å². The first-order chi connectivity index (χ1) is 11.0. The standard InChI is InChI=1S/C23H31N/c1-21(2,3)17-10-8-9-16(13-17)20-14-18-19(15-24-20)23(6,7)12-11-22(18,4)5/h8-10,13-15H,11-12H2,1-7H3. The number of nitrogens with zero attached hydrogens (tertiary/aromatic N) is 1. The second-order valence-corrected chi connectivity index (χ2v) is 9.71. The zero-order valence-corrected chi connectivity index (χ0v) is 16.3. The molecule has 0 fully saturated rings. The fourth-order valence-electron chi connectivity index (χ4n) is 3.75. The van der Waals surface area contributed by atoms with Gasteiger partial charge in [-0.2, -0.15) is 0 Å². The first-order valence-electron chi connectivity index (χ1n) is 9.13. The van der Waals surface area contributed by atoms with Crippen molar-refractivity contribution in [1.82, 2.24) is 4.98 Å². The Morgan fingerprint density at radius 3 is 2.12 bits per heavy atom. The Labute approximate surface area is 147 Å². The Morgan fingerprint density at radius 1 is 0.875 bits per heavy atom. The molecule has 24 heavy (non-hydrogen) atoms. The van der Waals surface area contributed by atoms with Crippen LogP contribution in [0.2, 0.25) is 0 Å². The lowest BCUT2D eigenvalue weighted by Gasteiger charge is -2.41. The average Bonchev–Trinajstić information content (AvgIpc) is 2.51. The summed E-state index contributed by atoms with van der Waals surface area (Å²) >= 11 is 0. The van der Waals surface area contributed by atoms with Gasteiger partial charge in [0.05, 0.1) is 5.69 Å². The van der Waals surface area contributed by atoms with Crippen molar-refractivity contribution >= 4 is 0 Å². The molecule has 0 radical (unpaired) electrons. The van der Waals surface area contributed by atoms with Gasteiger partial charge in [-0.3, -0.25) is 4.98 Å². The van der Waals surface area contributed by atoms with E-state index in [1.54, 1.807) is 0 Å². The summed E-state index contributed by atoms with van der Waals surface area (Å²) < 4.78 is 0. The summed E-state index contributed by atoms with van der Waals surface area (Å²) in [6.45, 7) is 16.2. The summed E-state index contributed by atoms with van der Waals surface area (Å²) in [5, 5.41) is 0. The van der Waals surface area contributed by atoms with Crippen molar-refractivity contribution in [2.45, 2.75) is 77.6 Å². The second kappa shape index (κ2) is 5.44. The predicted octanol–water partition coefficient (Wildman–Crippen LogP) is 6.40. The molecule has 0 bridgehead atoms. The Kier molecular flexibility index (Phi) is 3.90. The highest BCUT2D eigenvalue weighted by atomic mass is 14.7. The third-order valence-electron chi connectivity index (χ3n) is 5.76. The van der Waals surface area contributed by atoms with E-state index in [1.807, 2.05) is 0 Å². The van der Waals surface area contributed by atoms with Gasteiger partial charge in [-0.25, -0.2) is 0 Å². The normalized spacial score (nSPS) is 19.0. The zero-order chi connectivity index (χ0) is 17.8. The van der Waals surface area contributed by atoms with Crippen molar-refractivity contribution in [1.29, 1.82) is 0 Å². The molecule has 0 N–H and O–H groups in total. The molecule has 0 aliphatic heterocycles. The van der Waals surface area contributed by atoms with Crippen molar-refractivity contribution in [3.05, 3.63) is 53.2 Å². The molecule has 0 spiro atoms. The topological polar surface area (TPSA) is 12.9 Å². The van der Waals surface area contributed by atoms with Crippen LogP contribution in [0.25, 0.3) is 11.3 Å². The smallest absolute Gasteiger partial charge is 0.0705 e. The number of hydrogen-bond donors (Lipinski definition) is 0. The van der Waals surface area contributed by atoms with Crippen molar-refractivity contribution in [3.63, 3.8) is 0 Å². The highest BCUT2D eigenvalue weighted by Gasteiger charge is 2.37. The van der Waals surface area contributed by atoms with Gasteiger partial charge in [0.2, 0.25) is 0 Å². The zero-order valence-electron chi connectivity index (χ0n) is 16.3. The van der Waals surface area contributed by atoms with Gasteiger partial charge >= 0.3 is 0 Å². The SMILES string of the molecule is CC(C)(C)c1cccc(-c2cc3c(cn2)C(C)(C)CCC3(C)C)c1. The Bertz CT molecular complexity index is 760. The van der Waals surface area contributed by atoms with Gasteiger partial charge in [0, 0.05) is 11.8 Å². The van der Waals surface area contributed by atoms with Crippen molar-refractivity contribution in [2.24, 2.45) is 0 Å². The van der Waals surface area contributed by atoms with E-state index in [0.717, 1.165) is 5.69 Å². The number of fused-ring (bicyclic) bond motifs is 1. The maximum Gasteiger partial charge on any atom is 0.0705 e. The molecule has 0 saturated heterocycles. The van der Waals surface area contributed by atoms with Crippen molar-refractivity contribution in [2.75, 3.05) is 0 Å². The third-order valence-corrected chi connectivity index (χ3v) is 5.76. The number of hydrogen-bond acceptors (Lipinski definition) is 1. The number of pyridine rings is 1. The number of rotatable bonds is 1. The van der Waals surface area contributed by atoms with Crippen LogP contribution in [0.1, 0.15) is 78.0 Å². The largest absolute Gasteiger partial charge is 0.256 e. The van der Waals surface area contributed by atoms with Crippen LogP contribution < -0.4 is 0 Å². The monoisotopic (exact) mass is 321 g/mol. The lowest BCUT2D eigenvalue weighted by atomic mass is 9.63. The van der Waals surface area contributed by atoms with E-state index in [0.29, 0.717) is 0 Å². The van der Waals surface area contributed by atoms with E-state index in [9.17, 15) is 0 Å². The molecule has 1 aromatic heterocycles. The maximum atomic E-state index is 4.85. The molecule has 1 aliphatic rings.